The van der Waals surface area contributed by atoms with Gasteiger partial charge in [-0.15, -0.1) is 11.3 Å². The van der Waals surface area contributed by atoms with Crippen molar-refractivity contribution in [2.24, 2.45) is 0 Å². The molecular weight excluding hydrogens is 286 g/mol. The number of aryl methyl sites for hydroxylation is 1. The fourth-order valence-corrected chi connectivity index (χ4v) is 2.58. The molecule has 0 aliphatic carbocycles. The summed E-state index contributed by atoms with van der Waals surface area (Å²) in [7, 11) is 1.41. The highest BCUT2D eigenvalue weighted by molar-refractivity contribution is 7.12. The number of carbonyl (C=O) groups excluding carboxylic acids is 2. The lowest BCUT2D eigenvalue weighted by molar-refractivity contribution is -0.140. The summed E-state index contributed by atoms with van der Waals surface area (Å²) in [5.41, 5.74) is 1.03. The van der Waals surface area contributed by atoms with Crippen molar-refractivity contribution in [2.45, 2.75) is 52.9 Å². The van der Waals surface area contributed by atoms with Gasteiger partial charge in [-0.25, -0.2) is 0 Å². The second kappa shape index (κ2) is 12.4. The van der Waals surface area contributed by atoms with E-state index in [1.54, 1.807) is 0 Å². The summed E-state index contributed by atoms with van der Waals surface area (Å²) in [5, 5.41) is 4.84. The summed E-state index contributed by atoms with van der Waals surface area (Å²) >= 11 is 1.47. The van der Waals surface area contributed by atoms with Crippen molar-refractivity contribution >= 4 is 23.2 Å². The molecule has 4 nitrogen and oxygen atoms in total. The van der Waals surface area contributed by atoms with E-state index in [4.69, 9.17) is 0 Å². The molecule has 0 aliphatic heterocycles. The molecule has 0 saturated heterocycles. The Morgan fingerprint density at radius 1 is 1.24 bits per heavy atom. The molecule has 0 radical (unpaired) electrons. The van der Waals surface area contributed by atoms with Crippen LogP contribution in [0.2, 0.25) is 0 Å². The number of hydrogen-bond acceptors (Lipinski definition) is 4. The third kappa shape index (κ3) is 8.50. The number of amides is 1. The molecule has 1 amide bonds. The topological polar surface area (TPSA) is 55.4 Å². The van der Waals surface area contributed by atoms with Gasteiger partial charge in [-0.3, -0.25) is 9.59 Å². The van der Waals surface area contributed by atoms with E-state index in [1.807, 2.05) is 32.2 Å². The maximum absolute atomic E-state index is 11.8. The Morgan fingerprint density at radius 3 is 2.48 bits per heavy atom. The first kappa shape index (κ1) is 19.6. The van der Waals surface area contributed by atoms with Crippen molar-refractivity contribution in [1.29, 1.82) is 0 Å². The first-order valence-corrected chi connectivity index (χ1v) is 8.42. The molecule has 0 bridgehead atoms. The van der Waals surface area contributed by atoms with Crippen LogP contribution in [0.4, 0.5) is 0 Å². The number of unbranched alkanes of at least 4 members (excludes halogenated alkanes) is 3. The van der Waals surface area contributed by atoms with E-state index >= 15 is 0 Å². The van der Waals surface area contributed by atoms with Crippen molar-refractivity contribution < 1.29 is 15.8 Å². The van der Waals surface area contributed by atoms with Crippen LogP contribution in [-0.4, -0.2) is 25.5 Å². The number of methoxy groups -OCH3 is 1. The zero-order valence-corrected chi connectivity index (χ0v) is 14.3. The van der Waals surface area contributed by atoms with Crippen LogP contribution in [0.3, 0.4) is 0 Å². The predicted molar refractivity (Wildman–Crippen MR) is 90.0 cm³/mol. The fourth-order valence-electron chi connectivity index (χ4n) is 1.74. The van der Waals surface area contributed by atoms with Gasteiger partial charge >= 0.3 is 5.97 Å². The highest BCUT2D eigenvalue weighted by atomic mass is 32.1. The minimum absolute atomic E-state index is 0. The Hall–Kier alpha value is -1.36. The molecule has 1 N–H and O–H groups in total. The Labute approximate surface area is 133 Å². The van der Waals surface area contributed by atoms with Gasteiger partial charge in [0, 0.05) is 14.4 Å². The quantitative estimate of drug-likeness (QED) is 0.578. The van der Waals surface area contributed by atoms with Gasteiger partial charge in [0.1, 0.15) is 0 Å². The molecule has 21 heavy (non-hydrogen) atoms. The molecule has 1 aromatic rings. The van der Waals surface area contributed by atoms with Crippen LogP contribution >= 0.6 is 11.3 Å². The summed E-state index contributed by atoms with van der Waals surface area (Å²) in [6.07, 6.45) is 4.28. The average molecular weight is 315 g/mol. The van der Waals surface area contributed by atoms with Gasteiger partial charge in [-0.1, -0.05) is 26.7 Å². The molecular formula is C16H29NO3S. The van der Waals surface area contributed by atoms with Crippen LogP contribution in [-0.2, 0) is 9.53 Å². The molecule has 0 unspecified atom stereocenters. The predicted octanol–water partition coefficient (Wildman–Crippen LogP) is 4.18. The van der Waals surface area contributed by atoms with Crippen LogP contribution in [0, 0.1) is 6.92 Å². The van der Waals surface area contributed by atoms with Crippen LogP contribution in [0.15, 0.2) is 11.4 Å². The Morgan fingerprint density at radius 2 is 1.90 bits per heavy atom. The molecule has 1 heterocycles. The number of nitrogens with one attached hydrogen (secondary N) is 1. The zero-order valence-electron chi connectivity index (χ0n) is 13.5. The fraction of sp³-hybridized carbons (Fsp3) is 0.625. The van der Waals surface area contributed by atoms with E-state index in [9.17, 15) is 9.59 Å². The Kier molecular flexibility index (Phi) is 11.6. The maximum atomic E-state index is 11.8. The number of ether oxygens (including phenoxy) is 1. The number of thiophene rings is 1. The molecule has 5 heteroatoms. The molecule has 0 atom stereocenters. The standard InChI is InChI=1S/C14H21NO3S.C2H6.H2/c1-11-8-10-19-13(11)14(17)15-9-6-4-3-5-7-12(16)18-2;1-2;/h8,10H,3-7,9H2,1-2H3,(H,15,17);1-2H3;1H. The number of carbonyl (C=O) groups is 2. The molecule has 122 valence electrons. The van der Waals surface area contributed by atoms with E-state index in [1.165, 1.54) is 18.4 Å². The summed E-state index contributed by atoms with van der Waals surface area (Å²) < 4.78 is 4.57. The Balaban J connectivity index is 0. The maximum Gasteiger partial charge on any atom is 0.305 e. The lowest BCUT2D eigenvalue weighted by Gasteiger charge is -2.04. The zero-order chi connectivity index (χ0) is 16.1. The molecule has 0 fully saturated rings. The van der Waals surface area contributed by atoms with E-state index in [-0.39, 0.29) is 13.3 Å². The first-order chi connectivity index (χ1) is 10.1. The van der Waals surface area contributed by atoms with Gasteiger partial charge in [0.25, 0.3) is 5.91 Å². The van der Waals surface area contributed by atoms with Crippen molar-refractivity contribution in [3.05, 3.63) is 21.9 Å². The van der Waals surface area contributed by atoms with Crippen molar-refractivity contribution in [3.8, 4) is 0 Å². The first-order valence-electron chi connectivity index (χ1n) is 7.54. The second-order valence-electron chi connectivity index (χ2n) is 4.43. The third-order valence-electron chi connectivity index (χ3n) is 2.89. The lowest BCUT2D eigenvalue weighted by Crippen LogP contribution is -2.24. The Bertz CT molecular complexity index is 421. The van der Waals surface area contributed by atoms with Crippen molar-refractivity contribution in [2.75, 3.05) is 13.7 Å². The van der Waals surface area contributed by atoms with Crippen LogP contribution in [0.1, 0.15) is 62.6 Å². The molecule has 1 rings (SSSR count). The number of esters is 1. The molecule has 1 aromatic heterocycles. The SMILES string of the molecule is CC.COC(=O)CCCCCCNC(=O)c1sccc1C.[HH]. The third-order valence-corrected chi connectivity index (χ3v) is 3.90. The number of rotatable bonds is 8. The van der Waals surface area contributed by atoms with Crippen molar-refractivity contribution in [3.63, 3.8) is 0 Å². The van der Waals surface area contributed by atoms with Crippen LogP contribution < -0.4 is 5.32 Å². The van der Waals surface area contributed by atoms with Gasteiger partial charge in [-0.2, -0.15) is 0 Å². The highest BCUT2D eigenvalue weighted by Gasteiger charge is 2.08. The van der Waals surface area contributed by atoms with Gasteiger partial charge < -0.3 is 10.1 Å². The van der Waals surface area contributed by atoms with E-state index in [0.717, 1.165) is 36.1 Å². The summed E-state index contributed by atoms with van der Waals surface area (Å²) in [5.74, 6) is -0.136. The monoisotopic (exact) mass is 315 g/mol. The van der Waals surface area contributed by atoms with Gasteiger partial charge in [-0.05, 0) is 36.8 Å². The van der Waals surface area contributed by atoms with E-state index in [0.29, 0.717) is 13.0 Å². The molecule has 0 aromatic carbocycles. The van der Waals surface area contributed by atoms with Crippen LogP contribution in [0.5, 0.6) is 0 Å². The smallest absolute Gasteiger partial charge is 0.305 e. The van der Waals surface area contributed by atoms with Gasteiger partial charge in [0.2, 0.25) is 0 Å². The normalized spacial score (nSPS) is 9.52. The average Bonchev–Trinajstić information content (AvgIpc) is 2.94. The summed E-state index contributed by atoms with van der Waals surface area (Å²) in [6, 6.07) is 1.95. The summed E-state index contributed by atoms with van der Waals surface area (Å²) in [6.45, 7) is 6.63. The molecule has 0 saturated carbocycles. The summed E-state index contributed by atoms with van der Waals surface area (Å²) in [4.78, 5) is 23.5. The minimum Gasteiger partial charge on any atom is -0.469 e. The molecule has 0 aliphatic rings. The van der Waals surface area contributed by atoms with Crippen LogP contribution in [0.25, 0.3) is 0 Å². The minimum atomic E-state index is -0.151. The highest BCUT2D eigenvalue weighted by Crippen LogP contribution is 2.15. The lowest BCUT2D eigenvalue weighted by atomic mass is 10.1. The van der Waals surface area contributed by atoms with E-state index < -0.39 is 0 Å². The van der Waals surface area contributed by atoms with Gasteiger partial charge in [0.05, 0.1) is 12.0 Å². The molecule has 0 spiro atoms. The van der Waals surface area contributed by atoms with E-state index in [2.05, 4.69) is 10.1 Å². The van der Waals surface area contributed by atoms with Crippen molar-refractivity contribution in [1.82, 2.24) is 5.32 Å². The largest absolute Gasteiger partial charge is 0.469 e. The number of hydrogen-bond donors (Lipinski definition) is 1. The van der Waals surface area contributed by atoms with Gasteiger partial charge in [0.15, 0.2) is 0 Å². The second-order valence-corrected chi connectivity index (χ2v) is 5.35.